The molecule has 1 aliphatic heterocycles. The summed E-state index contributed by atoms with van der Waals surface area (Å²) in [7, 11) is 0. The first kappa shape index (κ1) is 19.9. The molecule has 1 saturated heterocycles. The van der Waals surface area contributed by atoms with Crippen molar-refractivity contribution in [2.24, 2.45) is 0 Å². The molecule has 2 N–H and O–H groups in total. The monoisotopic (exact) mass is 389 g/mol. The molecule has 2 heterocycles. The molecule has 3 aromatic rings. The third-order valence-electron chi connectivity index (χ3n) is 5.85. The van der Waals surface area contributed by atoms with Crippen LogP contribution in [-0.2, 0) is 6.54 Å². The van der Waals surface area contributed by atoms with E-state index in [1.165, 1.54) is 33.5 Å². The van der Waals surface area contributed by atoms with Crippen LogP contribution in [0.4, 0.5) is 0 Å². The number of hydrogen-bond donors (Lipinski definition) is 2. The van der Waals surface area contributed by atoms with Crippen LogP contribution >= 0.6 is 0 Å². The van der Waals surface area contributed by atoms with E-state index in [1.54, 1.807) is 0 Å². The number of aryl methyl sites for hydroxylation is 2. The average molecular weight is 390 g/mol. The summed E-state index contributed by atoms with van der Waals surface area (Å²) in [5.41, 5.74) is 7.85. The Morgan fingerprint density at radius 3 is 2.52 bits per heavy atom. The maximum Gasteiger partial charge on any atom is 0.0611 e. The van der Waals surface area contributed by atoms with Crippen LogP contribution in [0, 0.1) is 13.8 Å². The van der Waals surface area contributed by atoms with Gasteiger partial charge in [-0.05, 0) is 30.5 Å². The van der Waals surface area contributed by atoms with E-state index in [9.17, 15) is 5.11 Å². The number of nitrogens with zero attached hydrogens (tertiary/aromatic N) is 2. The molecule has 1 aliphatic rings. The van der Waals surface area contributed by atoms with Crippen LogP contribution in [0.2, 0.25) is 0 Å². The number of aliphatic hydroxyl groups excluding tert-OH is 1. The first-order valence-corrected chi connectivity index (χ1v) is 10.5. The van der Waals surface area contributed by atoms with Crippen molar-refractivity contribution in [1.82, 2.24) is 14.8 Å². The van der Waals surface area contributed by atoms with E-state index in [-0.39, 0.29) is 12.6 Å². The minimum Gasteiger partial charge on any atom is -0.395 e. The van der Waals surface area contributed by atoms with Gasteiger partial charge in [0, 0.05) is 50.2 Å². The van der Waals surface area contributed by atoms with E-state index in [0.717, 1.165) is 32.7 Å². The molecule has 0 radical (unpaired) electrons. The molecule has 1 atom stereocenters. The molecule has 29 heavy (non-hydrogen) atoms. The summed E-state index contributed by atoms with van der Waals surface area (Å²) in [6.07, 6.45) is 2.30. The Kier molecular flexibility index (Phi) is 6.14. The average Bonchev–Trinajstić information content (AvgIpc) is 3.05. The molecule has 4 nitrogen and oxygen atoms in total. The fourth-order valence-electron chi connectivity index (χ4n) is 4.43. The lowest BCUT2D eigenvalue weighted by atomic mass is 9.96. The van der Waals surface area contributed by atoms with Crippen molar-refractivity contribution in [3.8, 4) is 11.1 Å². The van der Waals surface area contributed by atoms with Crippen molar-refractivity contribution in [3.63, 3.8) is 0 Å². The molecular weight excluding hydrogens is 358 g/mol. The van der Waals surface area contributed by atoms with Crippen molar-refractivity contribution in [2.75, 3.05) is 32.8 Å². The zero-order valence-corrected chi connectivity index (χ0v) is 17.4. The van der Waals surface area contributed by atoms with Crippen LogP contribution in [0.25, 0.3) is 11.1 Å². The van der Waals surface area contributed by atoms with Crippen LogP contribution in [0.3, 0.4) is 0 Å². The summed E-state index contributed by atoms with van der Waals surface area (Å²) < 4.78 is 2.42. The van der Waals surface area contributed by atoms with Gasteiger partial charge in [-0.25, -0.2) is 0 Å². The molecule has 1 aromatic heterocycles. The lowest BCUT2D eigenvalue weighted by Crippen LogP contribution is -2.47. The number of aromatic nitrogens is 1. The van der Waals surface area contributed by atoms with E-state index < -0.39 is 0 Å². The molecule has 2 aromatic carbocycles. The quantitative estimate of drug-likeness (QED) is 0.674. The molecule has 0 aliphatic carbocycles. The lowest BCUT2D eigenvalue weighted by molar-refractivity contribution is 0.155. The van der Waals surface area contributed by atoms with Gasteiger partial charge in [0.15, 0.2) is 0 Å². The Morgan fingerprint density at radius 1 is 1.03 bits per heavy atom. The largest absolute Gasteiger partial charge is 0.395 e. The highest BCUT2D eigenvalue weighted by Crippen LogP contribution is 2.35. The van der Waals surface area contributed by atoms with Crippen molar-refractivity contribution in [1.29, 1.82) is 0 Å². The van der Waals surface area contributed by atoms with Crippen LogP contribution in [0.5, 0.6) is 0 Å². The zero-order chi connectivity index (χ0) is 20.2. The van der Waals surface area contributed by atoms with Crippen LogP contribution < -0.4 is 5.32 Å². The number of nitrogens with one attached hydrogen (secondary N) is 1. The molecule has 4 heteroatoms. The van der Waals surface area contributed by atoms with Gasteiger partial charge in [-0.3, -0.25) is 4.90 Å². The summed E-state index contributed by atoms with van der Waals surface area (Å²) in [4.78, 5) is 2.36. The van der Waals surface area contributed by atoms with Gasteiger partial charge in [-0.1, -0.05) is 60.2 Å². The predicted octanol–water partition coefficient (Wildman–Crippen LogP) is 3.76. The number of piperazine rings is 1. The Balaban J connectivity index is 1.77. The van der Waals surface area contributed by atoms with Crippen molar-refractivity contribution in [2.45, 2.75) is 26.4 Å². The molecule has 0 saturated carbocycles. The minimum atomic E-state index is 0.210. The third kappa shape index (κ3) is 4.45. The molecule has 1 unspecified atom stereocenters. The minimum absolute atomic E-state index is 0.210. The number of hydrogen-bond acceptors (Lipinski definition) is 3. The first-order chi connectivity index (χ1) is 14.2. The van der Waals surface area contributed by atoms with Crippen LogP contribution in [0.1, 0.15) is 28.4 Å². The van der Waals surface area contributed by atoms with Crippen LogP contribution in [0.15, 0.2) is 60.8 Å². The number of β-amino-alcohol motifs (C(OH)–C–C–N with tert-alkyl or cyclic N) is 1. The SMILES string of the molecule is Cc1ccc(-c2c(C)cn(Cc3ccccc3)c2C2CN(CCO)CCN2)cc1. The number of rotatable bonds is 6. The summed E-state index contributed by atoms with van der Waals surface area (Å²) >= 11 is 0. The van der Waals surface area contributed by atoms with Gasteiger partial charge in [0.2, 0.25) is 0 Å². The van der Waals surface area contributed by atoms with Gasteiger partial charge < -0.3 is 15.0 Å². The molecule has 0 spiro atoms. The molecule has 0 bridgehead atoms. The second kappa shape index (κ2) is 8.95. The molecule has 152 valence electrons. The fraction of sp³-hybridized carbons (Fsp3) is 0.360. The van der Waals surface area contributed by atoms with Gasteiger partial charge in [0.05, 0.1) is 12.6 Å². The summed E-state index contributed by atoms with van der Waals surface area (Å²) in [6.45, 7) is 8.99. The number of benzene rings is 2. The standard InChI is InChI=1S/C25H31N3O/c1-19-8-10-22(11-9-19)24-20(2)16-28(17-21-6-4-3-5-7-21)25(24)23-18-27(14-15-29)13-12-26-23/h3-11,16,23,26,29H,12-15,17-18H2,1-2H3. The van der Waals surface area contributed by atoms with Gasteiger partial charge in [0.25, 0.3) is 0 Å². The second-order valence-corrected chi connectivity index (χ2v) is 8.08. The second-order valence-electron chi connectivity index (χ2n) is 8.08. The topological polar surface area (TPSA) is 40.4 Å². The van der Waals surface area contributed by atoms with E-state index >= 15 is 0 Å². The third-order valence-corrected chi connectivity index (χ3v) is 5.85. The highest BCUT2D eigenvalue weighted by Gasteiger charge is 2.27. The predicted molar refractivity (Wildman–Crippen MR) is 119 cm³/mol. The van der Waals surface area contributed by atoms with Crippen molar-refractivity contribution < 1.29 is 5.11 Å². The molecule has 0 amide bonds. The van der Waals surface area contributed by atoms with Crippen LogP contribution in [-0.4, -0.2) is 47.4 Å². The summed E-state index contributed by atoms with van der Waals surface area (Å²) in [5, 5.41) is 13.2. The van der Waals surface area contributed by atoms with Crippen molar-refractivity contribution in [3.05, 3.63) is 83.2 Å². The Labute approximate surface area is 173 Å². The fourth-order valence-corrected chi connectivity index (χ4v) is 4.43. The zero-order valence-electron chi connectivity index (χ0n) is 17.4. The summed E-state index contributed by atoms with van der Waals surface area (Å²) in [6, 6.07) is 19.8. The first-order valence-electron chi connectivity index (χ1n) is 10.5. The Bertz CT molecular complexity index is 929. The summed E-state index contributed by atoms with van der Waals surface area (Å²) in [5.74, 6) is 0. The maximum atomic E-state index is 9.42. The van der Waals surface area contributed by atoms with Crippen molar-refractivity contribution >= 4 is 0 Å². The lowest BCUT2D eigenvalue weighted by Gasteiger charge is -2.34. The van der Waals surface area contributed by atoms with Gasteiger partial charge in [-0.2, -0.15) is 0 Å². The van der Waals surface area contributed by atoms with Gasteiger partial charge in [-0.15, -0.1) is 0 Å². The maximum absolute atomic E-state index is 9.42. The molecule has 4 rings (SSSR count). The smallest absolute Gasteiger partial charge is 0.0611 e. The van der Waals surface area contributed by atoms with Gasteiger partial charge >= 0.3 is 0 Å². The Hall–Kier alpha value is -2.40. The van der Waals surface area contributed by atoms with E-state index in [2.05, 4.69) is 89.4 Å². The highest BCUT2D eigenvalue weighted by molar-refractivity contribution is 5.71. The van der Waals surface area contributed by atoms with E-state index in [1.807, 2.05) is 0 Å². The van der Waals surface area contributed by atoms with E-state index in [4.69, 9.17) is 0 Å². The number of aliphatic hydroxyl groups is 1. The van der Waals surface area contributed by atoms with E-state index in [0.29, 0.717) is 0 Å². The normalized spacial score (nSPS) is 17.6. The van der Waals surface area contributed by atoms with Gasteiger partial charge in [0.1, 0.15) is 0 Å². The molecule has 1 fully saturated rings. The Morgan fingerprint density at radius 2 is 1.79 bits per heavy atom. The molecular formula is C25H31N3O. The highest BCUT2D eigenvalue weighted by atomic mass is 16.3.